The van der Waals surface area contributed by atoms with Gasteiger partial charge in [-0.05, 0) is 26.1 Å². The van der Waals surface area contributed by atoms with E-state index < -0.39 is 15.8 Å². The molecule has 0 spiro atoms. The van der Waals surface area contributed by atoms with Crippen molar-refractivity contribution in [2.24, 2.45) is 0 Å². The summed E-state index contributed by atoms with van der Waals surface area (Å²) in [5.41, 5.74) is 0.923. The molecule has 1 saturated heterocycles. The lowest BCUT2D eigenvalue weighted by Gasteiger charge is -2.31. The van der Waals surface area contributed by atoms with Crippen molar-refractivity contribution in [2.45, 2.75) is 18.4 Å². The van der Waals surface area contributed by atoms with E-state index >= 15 is 0 Å². The van der Waals surface area contributed by atoms with Crippen LogP contribution in [0, 0.1) is 0 Å². The number of hydrogen-bond donors (Lipinski definition) is 0. The molecular weight excluding hydrogens is 306 g/mol. The first kappa shape index (κ1) is 15.3. The summed E-state index contributed by atoms with van der Waals surface area (Å²) in [4.78, 5) is 14.0. The predicted octanol–water partition coefficient (Wildman–Crippen LogP) is 0.551. The Kier molecular flexibility index (Phi) is 3.84. The van der Waals surface area contributed by atoms with Crippen molar-refractivity contribution in [1.82, 2.24) is 13.8 Å². The molecule has 0 bridgehead atoms. The number of aromatic nitrogens is 1. The van der Waals surface area contributed by atoms with Gasteiger partial charge in [-0.15, -0.1) is 0 Å². The summed E-state index contributed by atoms with van der Waals surface area (Å²) in [6, 6.07) is 4.61. The van der Waals surface area contributed by atoms with Gasteiger partial charge in [0.2, 0.25) is 10.0 Å². The number of nitrogens with zero attached hydrogens (tertiary/aromatic N) is 3. The van der Waals surface area contributed by atoms with E-state index in [0.29, 0.717) is 43.8 Å². The van der Waals surface area contributed by atoms with Crippen LogP contribution in [0.15, 0.2) is 32.3 Å². The van der Waals surface area contributed by atoms with Crippen LogP contribution in [0.25, 0.3) is 11.1 Å². The summed E-state index contributed by atoms with van der Waals surface area (Å²) in [6.07, 6.45) is 0. The van der Waals surface area contributed by atoms with Crippen LogP contribution in [-0.2, 0) is 16.6 Å². The van der Waals surface area contributed by atoms with E-state index in [1.54, 1.807) is 6.07 Å². The Morgan fingerprint density at radius 3 is 2.50 bits per heavy atom. The summed E-state index contributed by atoms with van der Waals surface area (Å²) in [5.74, 6) is -0.466. The molecule has 2 aromatic rings. The SMILES string of the molecule is CCn1c(=O)oc2cc(S(=O)(=O)N3CCN(C)CC3)ccc21. The number of likely N-dealkylation sites (N-methyl/N-ethyl adjacent to an activating group) is 1. The minimum absolute atomic E-state index is 0.168. The van der Waals surface area contributed by atoms with E-state index in [2.05, 4.69) is 4.90 Å². The molecule has 2 heterocycles. The first-order chi connectivity index (χ1) is 10.4. The Labute approximate surface area is 128 Å². The molecule has 1 fully saturated rings. The zero-order chi connectivity index (χ0) is 15.9. The van der Waals surface area contributed by atoms with Gasteiger partial charge in [0.1, 0.15) is 0 Å². The van der Waals surface area contributed by atoms with Crippen molar-refractivity contribution >= 4 is 21.1 Å². The lowest BCUT2D eigenvalue weighted by Crippen LogP contribution is -2.46. The second-order valence-corrected chi connectivity index (χ2v) is 7.39. The molecule has 22 heavy (non-hydrogen) atoms. The summed E-state index contributed by atoms with van der Waals surface area (Å²) in [6.45, 7) is 4.68. The molecule has 0 saturated carbocycles. The number of sulfonamides is 1. The quantitative estimate of drug-likeness (QED) is 0.824. The minimum Gasteiger partial charge on any atom is -0.408 e. The number of fused-ring (bicyclic) bond motifs is 1. The molecule has 0 N–H and O–H groups in total. The second kappa shape index (κ2) is 5.53. The maximum Gasteiger partial charge on any atom is 0.419 e. The lowest BCUT2D eigenvalue weighted by molar-refractivity contribution is 0.222. The molecule has 0 amide bonds. The van der Waals surface area contributed by atoms with Crippen LogP contribution < -0.4 is 5.76 Å². The zero-order valence-electron chi connectivity index (χ0n) is 12.7. The average molecular weight is 325 g/mol. The van der Waals surface area contributed by atoms with Crippen molar-refractivity contribution in [2.75, 3.05) is 33.2 Å². The minimum atomic E-state index is -3.55. The second-order valence-electron chi connectivity index (χ2n) is 5.45. The summed E-state index contributed by atoms with van der Waals surface area (Å²) in [7, 11) is -1.58. The number of oxazole rings is 1. The van der Waals surface area contributed by atoms with Gasteiger partial charge in [0.05, 0.1) is 10.4 Å². The third-order valence-electron chi connectivity index (χ3n) is 4.06. The summed E-state index contributed by atoms with van der Waals surface area (Å²) < 4.78 is 33.5. The Morgan fingerprint density at radius 1 is 1.18 bits per heavy atom. The molecule has 1 aromatic heterocycles. The zero-order valence-corrected chi connectivity index (χ0v) is 13.5. The van der Waals surface area contributed by atoms with Crippen LogP contribution in [0.2, 0.25) is 0 Å². The van der Waals surface area contributed by atoms with Crippen molar-refractivity contribution in [3.63, 3.8) is 0 Å². The molecule has 7 nitrogen and oxygen atoms in total. The fraction of sp³-hybridized carbons (Fsp3) is 0.500. The van der Waals surface area contributed by atoms with Gasteiger partial charge < -0.3 is 9.32 Å². The van der Waals surface area contributed by atoms with E-state index in [4.69, 9.17) is 4.42 Å². The molecule has 3 rings (SSSR count). The molecule has 0 radical (unpaired) electrons. The third kappa shape index (κ3) is 2.47. The molecule has 1 aromatic carbocycles. The van der Waals surface area contributed by atoms with Crippen LogP contribution in [0.4, 0.5) is 0 Å². The molecule has 0 atom stereocenters. The Morgan fingerprint density at radius 2 is 1.86 bits per heavy atom. The van der Waals surface area contributed by atoms with E-state index in [0.717, 1.165) is 0 Å². The van der Waals surface area contributed by atoms with Gasteiger partial charge in [0, 0.05) is 38.8 Å². The number of aryl methyl sites for hydroxylation is 1. The Balaban J connectivity index is 2.01. The Hall–Kier alpha value is -1.64. The van der Waals surface area contributed by atoms with Crippen molar-refractivity contribution < 1.29 is 12.8 Å². The van der Waals surface area contributed by atoms with Crippen LogP contribution in [0.5, 0.6) is 0 Å². The third-order valence-corrected chi connectivity index (χ3v) is 5.95. The normalized spacial score (nSPS) is 18.1. The van der Waals surface area contributed by atoms with Crippen LogP contribution >= 0.6 is 0 Å². The van der Waals surface area contributed by atoms with Crippen molar-refractivity contribution in [1.29, 1.82) is 0 Å². The molecule has 1 aliphatic heterocycles. The molecule has 0 aliphatic carbocycles. The van der Waals surface area contributed by atoms with E-state index in [-0.39, 0.29) is 4.90 Å². The first-order valence-electron chi connectivity index (χ1n) is 7.25. The topological polar surface area (TPSA) is 75.8 Å². The highest BCUT2D eigenvalue weighted by molar-refractivity contribution is 7.89. The van der Waals surface area contributed by atoms with E-state index in [1.807, 2.05) is 14.0 Å². The maximum absolute atomic E-state index is 12.7. The predicted molar refractivity (Wildman–Crippen MR) is 82.4 cm³/mol. The van der Waals surface area contributed by atoms with Crippen LogP contribution in [0.1, 0.15) is 6.92 Å². The highest BCUT2D eigenvalue weighted by atomic mass is 32.2. The number of benzene rings is 1. The molecular formula is C14H19N3O4S. The molecule has 8 heteroatoms. The molecule has 0 unspecified atom stereocenters. The largest absolute Gasteiger partial charge is 0.419 e. The van der Waals surface area contributed by atoms with Gasteiger partial charge in [-0.2, -0.15) is 4.31 Å². The molecule has 1 aliphatic rings. The lowest BCUT2D eigenvalue weighted by atomic mass is 10.3. The van der Waals surface area contributed by atoms with Crippen LogP contribution in [-0.4, -0.2) is 55.4 Å². The van der Waals surface area contributed by atoms with E-state index in [1.165, 1.54) is 21.0 Å². The highest BCUT2D eigenvalue weighted by Crippen LogP contribution is 2.22. The fourth-order valence-corrected chi connectivity index (χ4v) is 4.12. The van der Waals surface area contributed by atoms with Gasteiger partial charge in [-0.25, -0.2) is 13.2 Å². The summed E-state index contributed by atoms with van der Waals surface area (Å²) >= 11 is 0. The number of hydrogen-bond acceptors (Lipinski definition) is 5. The standard InChI is InChI=1S/C14H19N3O4S/c1-3-17-12-5-4-11(10-13(12)21-14(17)18)22(19,20)16-8-6-15(2)7-9-16/h4-5,10H,3,6-9H2,1-2H3. The van der Waals surface area contributed by atoms with Gasteiger partial charge in [0.15, 0.2) is 5.58 Å². The smallest absolute Gasteiger partial charge is 0.408 e. The van der Waals surface area contributed by atoms with E-state index in [9.17, 15) is 13.2 Å². The van der Waals surface area contributed by atoms with Gasteiger partial charge in [-0.1, -0.05) is 0 Å². The van der Waals surface area contributed by atoms with Crippen molar-refractivity contribution in [3.8, 4) is 0 Å². The van der Waals surface area contributed by atoms with Gasteiger partial charge >= 0.3 is 5.76 Å². The van der Waals surface area contributed by atoms with Crippen molar-refractivity contribution in [3.05, 3.63) is 28.7 Å². The summed E-state index contributed by atoms with van der Waals surface area (Å²) in [5, 5.41) is 0. The molecule has 120 valence electrons. The fourth-order valence-electron chi connectivity index (χ4n) is 2.68. The average Bonchev–Trinajstić information content (AvgIpc) is 2.81. The highest BCUT2D eigenvalue weighted by Gasteiger charge is 2.28. The van der Waals surface area contributed by atoms with Gasteiger partial charge in [-0.3, -0.25) is 4.57 Å². The number of rotatable bonds is 3. The monoisotopic (exact) mass is 325 g/mol. The Bertz CT molecular complexity index is 845. The van der Waals surface area contributed by atoms with Gasteiger partial charge in [0.25, 0.3) is 0 Å². The number of piperazine rings is 1. The maximum atomic E-state index is 12.7. The first-order valence-corrected chi connectivity index (χ1v) is 8.69. The van der Waals surface area contributed by atoms with Crippen LogP contribution in [0.3, 0.4) is 0 Å².